The lowest BCUT2D eigenvalue weighted by Gasteiger charge is -2.03. The van der Waals surface area contributed by atoms with Gasteiger partial charge in [0.15, 0.2) is 5.65 Å². The molecule has 0 saturated carbocycles. The first-order valence-electron chi connectivity index (χ1n) is 4.05. The van der Waals surface area contributed by atoms with E-state index < -0.39 is 0 Å². The summed E-state index contributed by atoms with van der Waals surface area (Å²) in [5.74, 6) is 0. The molecule has 0 amide bonds. The van der Waals surface area contributed by atoms with E-state index in [0.29, 0.717) is 5.02 Å². The lowest BCUT2D eigenvalue weighted by Crippen LogP contribution is -2.03. The van der Waals surface area contributed by atoms with E-state index in [9.17, 15) is 0 Å². The number of hydrogen-bond donors (Lipinski definition) is 0. The highest BCUT2D eigenvalue weighted by Gasteiger charge is 2.08. The molecule has 0 saturated heterocycles. The topological polar surface area (TPSA) is 43.6 Å². The van der Waals surface area contributed by atoms with Crippen LogP contribution in [0.5, 0.6) is 0 Å². The lowest BCUT2D eigenvalue weighted by atomic mass is 10.4. The maximum atomic E-state index is 5.77. The molecule has 4 nitrogen and oxygen atoms in total. The number of nitrogens with zero attached hydrogens (tertiary/aromatic N) is 4. The molecule has 0 fully saturated rings. The van der Waals surface area contributed by atoms with Gasteiger partial charge in [0, 0.05) is 6.20 Å². The molecule has 0 spiro atoms. The third-order valence-corrected chi connectivity index (χ3v) is 1.98. The molecule has 2 heterocycles. The zero-order chi connectivity index (χ0) is 9.42. The number of hydrogen-bond acceptors (Lipinski definition) is 3. The van der Waals surface area contributed by atoms with Crippen LogP contribution in [0, 0.1) is 0 Å². The number of pyridine rings is 1. The van der Waals surface area contributed by atoms with Crippen LogP contribution in [0.25, 0.3) is 11.2 Å². The van der Waals surface area contributed by atoms with E-state index in [0.717, 1.165) is 11.2 Å². The molecule has 0 radical (unpaired) electrons. The molecule has 2 rings (SSSR count). The Labute approximate surface area is 80.5 Å². The molecule has 2 aromatic heterocycles. The molecule has 0 N–H and O–H groups in total. The number of fused-ring (bicyclic) bond motifs is 1. The average molecular weight is 197 g/mol. The third kappa shape index (κ3) is 1.37. The summed E-state index contributed by atoms with van der Waals surface area (Å²) in [4.78, 5) is 4.17. The van der Waals surface area contributed by atoms with E-state index in [-0.39, 0.29) is 6.04 Å². The highest BCUT2D eigenvalue weighted by atomic mass is 35.5. The van der Waals surface area contributed by atoms with Crippen LogP contribution < -0.4 is 0 Å². The quantitative estimate of drug-likeness (QED) is 0.701. The predicted molar refractivity (Wildman–Crippen MR) is 50.7 cm³/mol. The van der Waals surface area contributed by atoms with Gasteiger partial charge in [-0.1, -0.05) is 16.8 Å². The van der Waals surface area contributed by atoms with Gasteiger partial charge in [0.2, 0.25) is 0 Å². The van der Waals surface area contributed by atoms with E-state index in [2.05, 4.69) is 15.3 Å². The van der Waals surface area contributed by atoms with Crippen LogP contribution in [0.1, 0.15) is 19.9 Å². The van der Waals surface area contributed by atoms with Crippen LogP contribution in [0.4, 0.5) is 0 Å². The monoisotopic (exact) mass is 196 g/mol. The van der Waals surface area contributed by atoms with Gasteiger partial charge in [-0.05, 0) is 19.9 Å². The summed E-state index contributed by atoms with van der Waals surface area (Å²) in [6.07, 6.45) is 1.60. The minimum absolute atomic E-state index is 0.263. The van der Waals surface area contributed by atoms with Crippen LogP contribution in [0.15, 0.2) is 12.3 Å². The van der Waals surface area contributed by atoms with Gasteiger partial charge < -0.3 is 0 Å². The fourth-order valence-electron chi connectivity index (χ4n) is 1.16. The SMILES string of the molecule is CC(C)n1nnc2cc(Cl)cnc21. The number of rotatable bonds is 1. The third-order valence-electron chi connectivity index (χ3n) is 1.77. The average Bonchev–Trinajstić information content (AvgIpc) is 2.46. The lowest BCUT2D eigenvalue weighted by molar-refractivity contribution is 0.526. The summed E-state index contributed by atoms with van der Waals surface area (Å²) >= 11 is 5.77. The van der Waals surface area contributed by atoms with Gasteiger partial charge in [-0.3, -0.25) is 0 Å². The van der Waals surface area contributed by atoms with Crippen molar-refractivity contribution in [2.75, 3.05) is 0 Å². The first-order valence-corrected chi connectivity index (χ1v) is 4.42. The van der Waals surface area contributed by atoms with Gasteiger partial charge in [0.05, 0.1) is 11.1 Å². The van der Waals surface area contributed by atoms with E-state index >= 15 is 0 Å². The van der Waals surface area contributed by atoms with Crippen molar-refractivity contribution < 1.29 is 0 Å². The van der Waals surface area contributed by atoms with Crippen LogP contribution >= 0.6 is 11.6 Å². The van der Waals surface area contributed by atoms with Crippen molar-refractivity contribution in [3.05, 3.63) is 17.3 Å². The minimum atomic E-state index is 0.263. The standard InChI is InChI=1S/C8H9ClN4/c1-5(2)13-8-7(11-12-13)3-6(9)4-10-8/h3-5H,1-2H3. The van der Waals surface area contributed by atoms with Crippen molar-refractivity contribution in [1.29, 1.82) is 0 Å². The summed E-state index contributed by atoms with van der Waals surface area (Å²) < 4.78 is 1.77. The molecule has 0 bridgehead atoms. The van der Waals surface area contributed by atoms with Crippen molar-refractivity contribution in [2.24, 2.45) is 0 Å². The molecule has 0 aromatic carbocycles. The second kappa shape index (κ2) is 2.96. The van der Waals surface area contributed by atoms with Crippen molar-refractivity contribution >= 4 is 22.8 Å². The van der Waals surface area contributed by atoms with Gasteiger partial charge >= 0.3 is 0 Å². The highest BCUT2D eigenvalue weighted by Crippen LogP contribution is 2.16. The Bertz CT molecular complexity index is 435. The number of aromatic nitrogens is 4. The first-order chi connectivity index (χ1) is 6.18. The van der Waals surface area contributed by atoms with Gasteiger partial charge in [-0.2, -0.15) is 0 Å². The molecule has 13 heavy (non-hydrogen) atoms. The van der Waals surface area contributed by atoms with E-state index in [1.54, 1.807) is 16.9 Å². The van der Waals surface area contributed by atoms with Gasteiger partial charge in [-0.15, -0.1) is 5.10 Å². The Hall–Kier alpha value is -1.16. The van der Waals surface area contributed by atoms with E-state index in [4.69, 9.17) is 11.6 Å². The molecule has 0 atom stereocenters. The second-order valence-electron chi connectivity index (χ2n) is 3.12. The zero-order valence-corrected chi connectivity index (χ0v) is 8.15. The van der Waals surface area contributed by atoms with Crippen LogP contribution in [-0.2, 0) is 0 Å². The molecule has 68 valence electrons. The van der Waals surface area contributed by atoms with Gasteiger partial charge in [0.25, 0.3) is 0 Å². The zero-order valence-electron chi connectivity index (χ0n) is 7.40. The van der Waals surface area contributed by atoms with Gasteiger partial charge in [-0.25, -0.2) is 9.67 Å². The predicted octanol–water partition coefficient (Wildman–Crippen LogP) is 2.06. The molecular formula is C8H9ClN4. The fraction of sp³-hybridized carbons (Fsp3) is 0.375. The minimum Gasteiger partial charge on any atom is -0.234 e. The summed E-state index contributed by atoms with van der Waals surface area (Å²) in [6, 6.07) is 2.02. The first kappa shape index (κ1) is 8.44. The largest absolute Gasteiger partial charge is 0.234 e. The summed E-state index contributed by atoms with van der Waals surface area (Å²) in [5, 5.41) is 8.53. The molecular weight excluding hydrogens is 188 g/mol. The van der Waals surface area contributed by atoms with Crippen molar-refractivity contribution in [3.63, 3.8) is 0 Å². The van der Waals surface area contributed by atoms with Crippen molar-refractivity contribution in [3.8, 4) is 0 Å². The Morgan fingerprint density at radius 3 is 2.92 bits per heavy atom. The fourth-order valence-corrected chi connectivity index (χ4v) is 1.31. The summed E-state index contributed by atoms with van der Waals surface area (Å²) in [6.45, 7) is 4.06. The van der Waals surface area contributed by atoms with Crippen LogP contribution in [0.3, 0.4) is 0 Å². The normalized spacial score (nSPS) is 11.4. The van der Waals surface area contributed by atoms with Crippen molar-refractivity contribution in [1.82, 2.24) is 20.0 Å². The van der Waals surface area contributed by atoms with E-state index in [1.807, 2.05) is 13.8 Å². The molecule has 0 aliphatic carbocycles. The van der Waals surface area contributed by atoms with Crippen LogP contribution in [-0.4, -0.2) is 20.0 Å². The maximum absolute atomic E-state index is 5.77. The molecule has 0 aliphatic rings. The van der Waals surface area contributed by atoms with Crippen LogP contribution in [0.2, 0.25) is 5.02 Å². The molecule has 5 heteroatoms. The molecule has 2 aromatic rings. The summed E-state index contributed by atoms with van der Waals surface area (Å²) in [5.41, 5.74) is 1.51. The number of halogens is 1. The van der Waals surface area contributed by atoms with Crippen molar-refractivity contribution in [2.45, 2.75) is 19.9 Å². The Morgan fingerprint density at radius 2 is 2.23 bits per heavy atom. The summed E-state index contributed by atoms with van der Waals surface area (Å²) in [7, 11) is 0. The highest BCUT2D eigenvalue weighted by molar-refractivity contribution is 6.30. The second-order valence-corrected chi connectivity index (χ2v) is 3.56. The maximum Gasteiger partial charge on any atom is 0.178 e. The Balaban J connectivity index is 2.69. The smallest absolute Gasteiger partial charge is 0.178 e. The van der Waals surface area contributed by atoms with E-state index in [1.165, 1.54) is 0 Å². The molecule has 0 unspecified atom stereocenters. The Morgan fingerprint density at radius 1 is 1.46 bits per heavy atom. The molecule has 0 aliphatic heterocycles. The Kier molecular flexibility index (Phi) is 1.92. The van der Waals surface area contributed by atoms with Gasteiger partial charge in [0.1, 0.15) is 5.52 Å².